The molecule has 1 atom stereocenters. The Kier molecular flexibility index (Phi) is 4.85. The van der Waals surface area contributed by atoms with Gasteiger partial charge in [-0.2, -0.15) is 5.10 Å². The van der Waals surface area contributed by atoms with Gasteiger partial charge in [0.2, 0.25) is 0 Å². The van der Waals surface area contributed by atoms with Crippen LogP contribution in [0.2, 0.25) is 0 Å². The van der Waals surface area contributed by atoms with E-state index >= 15 is 0 Å². The lowest BCUT2D eigenvalue weighted by Gasteiger charge is -2.09. The molecule has 8 heteroatoms. The molecule has 0 radical (unpaired) electrons. The smallest absolute Gasteiger partial charge is 0.319 e. The summed E-state index contributed by atoms with van der Waals surface area (Å²) in [5, 5.41) is 28.6. The minimum Gasteiger partial charge on any atom is -0.504 e. The zero-order valence-electron chi connectivity index (χ0n) is 13.1. The second-order valence-electron chi connectivity index (χ2n) is 5.68. The number of phenolic OH excluding ortho intramolecular Hbond substituents is 2. The van der Waals surface area contributed by atoms with Crippen molar-refractivity contribution in [3.63, 3.8) is 0 Å². The Hall–Kier alpha value is -2.74. The van der Waals surface area contributed by atoms with Crippen LogP contribution >= 0.6 is 0 Å². The first-order valence-electron chi connectivity index (χ1n) is 7.80. The lowest BCUT2D eigenvalue weighted by Crippen LogP contribution is -2.28. The third kappa shape index (κ3) is 3.96. The molecule has 2 aromatic rings. The quantitative estimate of drug-likeness (QED) is 0.624. The van der Waals surface area contributed by atoms with Crippen molar-refractivity contribution in [3.05, 3.63) is 36.2 Å². The predicted octanol–water partition coefficient (Wildman–Crippen LogP) is 1.79. The van der Waals surface area contributed by atoms with Gasteiger partial charge in [-0.1, -0.05) is 12.1 Å². The molecule has 0 spiro atoms. The zero-order valence-corrected chi connectivity index (χ0v) is 13.1. The Bertz CT molecular complexity index is 710. The van der Waals surface area contributed by atoms with E-state index in [9.17, 15) is 15.0 Å². The Labute approximate surface area is 139 Å². The van der Waals surface area contributed by atoms with Crippen LogP contribution in [-0.4, -0.2) is 38.7 Å². The van der Waals surface area contributed by atoms with Gasteiger partial charge in [0.25, 0.3) is 0 Å². The van der Waals surface area contributed by atoms with Crippen molar-refractivity contribution in [2.75, 3.05) is 11.9 Å². The van der Waals surface area contributed by atoms with Crippen LogP contribution < -0.4 is 10.6 Å². The third-order valence-corrected chi connectivity index (χ3v) is 3.84. The molecule has 0 bridgehead atoms. The summed E-state index contributed by atoms with van der Waals surface area (Å²) in [6, 6.07) is 4.17. The Morgan fingerprint density at radius 2 is 2.29 bits per heavy atom. The monoisotopic (exact) mass is 332 g/mol. The van der Waals surface area contributed by atoms with Gasteiger partial charge in [-0.05, 0) is 18.9 Å². The van der Waals surface area contributed by atoms with E-state index in [0.29, 0.717) is 17.8 Å². The van der Waals surface area contributed by atoms with Gasteiger partial charge in [-0.15, -0.1) is 0 Å². The third-order valence-electron chi connectivity index (χ3n) is 3.84. The van der Waals surface area contributed by atoms with Crippen molar-refractivity contribution in [1.82, 2.24) is 15.1 Å². The number of phenols is 2. The molecule has 8 nitrogen and oxygen atoms in total. The second kappa shape index (κ2) is 7.22. The highest BCUT2D eigenvalue weighted by Crippen LogP contribution is 2.27. The average Bonchev–Trinajstić information content (AvgIpc) is 3.21. The van der Waals surface area contributed by atoms with Gasteiger partial charge in [0.05, 0.1) is 24.5 Å². The molecule has 128 valence electrons. The zero-order chi connectivity index (χ0) is 16.9. The van der Waals surface area contributed by atoms with E-state index in [0.717, 1.165) is 19.4 Å². The largest absolute Gasteiger partial charge is 0.504 e. The van der Waals surface area contributed by atoms with Crippen molar-refractivity contribution >= 4 is 11.7 Å². The molecule has 24 heavy (non-hydrogen) atoms. The van der Waals surface area contributed by atoms with E-state index in [1.165, 1.54) is 6.07 Å². The van der Waals surface area contributed by atoms with Crippen molar-refractivity contribution in [1.29, 1.82) is 0 Å². The number of amides is 2. The molecule has 0 aliphatic carbocycles. The molecule has 1 fully saturated rings. The Morgan fingerprint density at radius 3 is 3.08 bits per heavy atom. The summed E-state index contributed by atoms with van der Waals surface area (Å²) in [4.78, 5) is 11.9. The van der Waals surface area contributed by atoms with Gasteiger partial charge < -0.3 is 25.6 Å². The number of nitrogens with one attached hydrogen (secondary N) is 2. The number of aromatic nitrogens is 2. The van der Waals surface area contributed by atoms with E-state index in [4.69, 9.17) is 4.74 Å². The lowest BCUT2D eigenvalue weighted by molar-refractivity contribution is 0.0940. The van der Waals surface area contributed by atoms with Gasteiger partial charge in [0.15, 0.2) is 11.5 Å². The van der Waals surface area contributed by atoms with Crippen LogP contribution in [-0.2, 0) is 17.8 Å². The second-order valence-corrected chi connectivity index (χ2v) is 5.68. The van der Waals surface area contributed by atoms with Gasteiger partial charge >= 0.3 is 6.03 Å². The number of anilines is 1. The first-order valence-corrected chi connectivity index (χ1v) is 7.80. The first kappa shape index (κ1) is 16.1. The molecule has 2 amide bonds. The highest BCUT2D eigenvalue weighted by Gasteiger charge is 2.16. The molecule has 1 saturated heterocycles. The Balaban J connectivity index is 1.49. The normalized spacial score (nSPS) is 16.9. The summed E-state index contributed by atoms with van der Waals surface area (Å²) in [5.41, 5.74) is 1.00. The molecule has 4 N–H and O–H groups in total. The van der Waals surface area contributed by atoms with Crippen molar-refractivity contribution in [2.45, 2.75) is 32.0 Å². The predicted molar refractivity (Wildman–Crippen MR) is 86.8 cm³/mol. The van der Waals surface area contributed by atoms with Crippen molar-refractivity contribution in [2.24, 2.45) is 0 Å². The minimum atomic E-state index is -0.422. The molecule has 1 aromatic heterocycles. The molecule has 3 rings (SSSR count). The number of urea groups is 1. The number of ether oxygens (including phenoxy) is 1. The SMILES string of the molecule is O=C(NCc1cccc(O)c1O)Nc1cnn(CC2CCCO2)c1. The lowest BCUT2D eigenvalue weighted by atomic mass is 10.2. The van der Waals surface area contributed by atoms with E-state index in [2.05, 4.69) is 15.7 Å². The summed E-state index contributed by atoms with van der Waals surface area (Å²) in [7, 11) is 0. The maximum atomic E-state index is 11.9. The van der Waals surface area contributed by atoms with Crippen molar-refractivity contribution in [3.8, 4) is 11.5 Å². The number of benzene rings is 1. The maximum absolute atomic E-state index is 11.9. The molecule has 1 aliphatic heterocycles. The van der Waals surface area contributed by atoms with Gasteiger partial charge in [-0.25, -0.2) is 4.79 Å². The minimum absolute atomic E-state index is 0.0934. The van der Waals surface area contributed by atoms with E-state index in [1.54, 1.807) is 29.2 Å². The van der Waals surface area contributed by atoms with E-state index in [-0.39, 0.29) is 24.1 Å². The van der Waals surface area contributed by atoms with Crippen LogP contribution in [0.1, 0.15) is 18.4 Å². The fraction of sp³-hybridized carbons (Fsp3) is 0.375. The molecule has 0 saturated carbocycles. The van der Waals surface area contributed by atoms with Crippen molar-refractivity contribution < 1.29 is 19.7 Å². The molecule has 1 aromatic carbocycles. The summed E-state index contributed by atoms with van der Waals surface area (Å²) < 4.78 is 7.29. The van der Waals surface area contributed by atoms with Crippen LogP contribution in [0.3, 0.4) is 0 Å². The van der Waals surface area contributed by atoms with Crippen LogP contribution in [0.15, 0.2) is 30.6 Å². The summed E-state index contributed by atoms with van der Waals surface area (Å²) in [6.07, 6.45) is 5.59. The number of nitrogens with zero attached hydrogens (tertiary/aromatic N) is 2. The summed E-state index contributed by atoms with van der Waals surface area (Å²) in [6.45, 7) is 1.55. The van der Waals surface area contributed by atoms with Gasteiger partial charge in [0, 0.05) is 24.9 Å². The molecule has 1 aliphatic rings. The average molecular weight is 332 g/mol. The van der Waals surface area contributed by atoms with Gasteiger partial charge in [-0.3, -0.25) is 4.68 Å². The first-order chi connectivity index (χ1) is 11.6. The fourth-order valence-corrected chi connectivity index (χ4v) is 2.60. The summed E-state index contributed by atoms with van der Waals surface area (Å²) >= 11 is 0. The number of carbonyl (C=O) groups is 1. The number of aromatic hydroxyl groups is 2. The molecular weight excluding hydrogens is 312 g/mol. The molecular formula is C16H20N4O4. The highest BCUT2D eigenvalue weighted by atomic mass is 16.5. The number of hydrogen-bond donors (Lipinski definition) is 4. The topological polar surface area (TPSA) is 109 Å². The number of rotatable bonds is 5. The molecule has 2 heterocycles. The standard InChI is InChI=1S/C16H20N4O4/c21-14-5-1-3-11(15(14)22)7-17-16(23)19-12-8-18-20(9-12)10-13-4-2-6-24-13/h1,3,5,8-9,13,21-22H,2,4,6-7,10H2,(H2,17,19,23). The maximum Gasteiger partial charge on any atom is 0.319 e. The van der Waals surface area contributed by atoms with Crippen LogP contribution in [0.4, 0.5) is 10.5 Å². The number of hydrogen-bond acceptors (Lipinski definition) is 5. The van der Waals surface area contributed by atoms with Crippen LogP contribution in [0, 0.1) is 0 Å². The van der Waals surface area contributed by atoms with Crippen LogP contribution in [0.25, 0.3) is 0 Å². The highest BCUT2D eigenvalue weighted by molar-refractivity contribution is 5.88. The van der Waals surface area contributed by atoms with Crippen LogP contribution in [0.5, 0.6) is 11.5 Å². The fourth-order valence-electron chi connectivity index (χ4n) is 2.60. The number of para-hydroxylation sites is 1. The van der Waals surface area contributed by atoms with E-state index in [1.807, 2.05) is 0 Å². The number of carbonyl (C=O) groups excluding carboxylic acids is 1. The summed E-state index contributed by atoms with van der Waals surface area (Å²) in [5.74, 6) is -0.452. The van der Waals surface area contributed by atoms with Gasteiger partial charge in [0.1, 0.15) is 0 Å². The Morgan fingerprint density at radius 1 is 1.42 bits per heavy atom. The van der Waals surface area contributed by atoms with E-state index < -0.39 is 6.03 Å². The molecule has 1 unspecified atom stereocenters.